The summed E-state index contributed by atoms with van der Waals surface area (Å²) in [6.07, 6.45) is 5.39. The van der Waals surface area contributed by atoms with Crippen molar-refractivity contribution < 1.29 is 0 Å². The number of nitrogens with one attached hydrogen (secondary N) is 1. The summed E-state index contributed by atoms with van der Waals surface area (Å²) in [5.41, 5.74) is 1.12. The Morgan fingerprint density at radius 3 is 2.67 bits per heavy atom. The van der Waals surface area contributed by atoms with Crippen LogP contribution < -0.4 is 10.2 Å². The SMILES string of the molecule is Cc1cccc(N2CCC(CNC3CC3)CC2)n1. The summed E-state index contributed by atoms with van der Waals surface area (Å²) in [6.45, 7) is 5.61. The molecule has 1 saturated heterocycles. The maximum absolute atomic E-state index is 4.62. The zero-order chi connectivity index (χ0) is 12.4. The van der Waals surface area contributed by atoms with Gasteiger partial charge in [-0.25, -0.2) is 4.98 Å². The molecule has 0 spiro atoms. The summed E-state index contributed by atoms with van der Waals surface area (Å²) in [4.78, 5) is 7.05. The molecule has 1 aromatic rings. The van der Waals surface area contributed by atoms with Crippen molar-refractivity contribution in [1.29, 1.82) is 0 Å². The van der Waals surface area contributed by atoms with Crippen LogP contribution >= 0.6 is 0 Å². The van der Waals surface area contributed by atoms with Crippen LogP contribution in [0, 0.1) is 12.8 Å². The van der Waals surface area contributed by atoms with Crippen molar-refractivity contribution >= 4 is 5.82 Å². The van der Waals surface area contributed by atoms with Crippen LogP contribution in [0.2, 0.25) is 0 Å². The van der Waals surface area contributed by atoms with Crippen LogP contribution in [0.3, 0.4) is 0 Å². The van der Waals surface area contributed by atoms with Crippen LogP contribution in [0.5, 0.6) is 0 Å². The van der Waals surface area contributed by atoms with Crippen molar-refractivity contribution in [3.8, 4) is 0 Å². The number of aromatic nitrogens is 1. The van der Waals surface area contributed by atoms with Gasteiger partial charge in [0.1, 0.15) is 5.82 Å². The van der Waals surface area contributed by atoms with E-state index in [1.165, 1.54) is 32.2 Å². The van der Waals surface area contributed by atoms with Crippen LogP contribution in [0.15, 0.2) is 18.2 Å². The van der Waals surface area contributed by atoms with E-state index in [0.717, 1.165) is 36.6 Å². The number of hydrogen-bond donors (Lipinski definition) is 1. The molecule has 0 radical (unpaired) electrons. The van der Waals surface area contributed by atoms with Crippen molar-refractivity contribution in [3.05, 3.63) is 23.9 Å². The van der Waals surface area contributed by atoms with Crippen LogP contribution in [0.1, 0.15) is 31.4 Å². The molecule has 1 N–H and O–H groups in total. The minimum Gasteiger partial charge on any atom is -0.357 e. The summed E-state index contributed by atoms with van der Waals surface area (Å²) in [5, 5.41) is 3.66. The normalized spacial score (nSPS) is 21.3. The highest BCUT2D eigenvalue weighted by Crippen LogP contribution is 2.23. The molecule has 18 heavy (non-hydrogen) atoms. The van der Waals surface area contributed by atoms with E-state index >= 15 is 0 Å². The van der Waals surface area contributed by atoms with E-state index < -0.39 is 0 Å². The first kappa shape index (κ1) is 12.0. The molecule has 1 aliphatic carbocycles. The van der Waals surface area contributed by atoms with Crippen molar-refractivity contribution in [2.75, 3.05) is 24.5 Å². The van der Waals surface area contributed by atoms with Gasteiger partial charge < -0.3 is 10.2 Å². The standard InChI is InChI=1S/C15H23N3/c1-12-3-2-4-15(17-12)18-9-7-13(8-10-18)11-16-14-5-6-14/h2-4,13-14,16H,5-11H2,1H3. The minimum absolute atomic E-state index is 0.849. The molecular weight excluding hydrogens is 222 g/mol. The Labute approximate surface area is 110 Å². The van der Waals surface area contributed by atoms with Gasteiger partial charge in [0.2, 0.25) is 0 Å². The van der Waals surface area contributed by atoms with Crippen molar-refractivity contribution in [2.45, 2.75) is 38.6 Å². The summed E-state index contributed by atoms with van der Waals surface area (Å²) in [5.74, 6) is 2.02. The maximum atomic E-state index is 4.62. The van der Waals surface area contributed by atoms with Crippen molar-refractivity contribution in [1.82, 2.24) is 10.3 Å². The first-order valence-corrected chi connectivity index (χ1v) is 7.23. The number of nitrogens with zero attached hydrogens (tertiary/aromatic N) is 2. The number of hydrogen-bond acceptors (Lipinski definition) is 3. The molecule has 1 saturated carbocycles. The van der Waals surface area contributed by atoms with Crippen LogP contribution in [-0.2, 0) is 0 Å². The van der Waals surface area contributed by atoms with Gasteiger partial charge in [-0.2, -0.15) is 0 Å². The molecule has 98 valence electrons. The van der Waals surface area contributed by atoms with Gasteiger partial charge in [-0.05, 0) is 57.2 Å². The Balaban J connectivity index is 1.49. The molecule has 2 aliphatic rings. The Morgan fingerprint density at radius 1 is 1.22 bits per heavy atom. The average molecular weight is 245 g/mol. The lowest BCUT2D eigenvalue weighted by Crippen LogP contribution is -2.38. The van der Waals surface area contributed by atoms with Gasteiger partial charge in [-0.1, -0.05) is 6.07 Å². The molecule has 2 fully saturated rings. The summed E-state index contributed by atoms with van der Waals surface area (Å²) in [6, 6.07) is 7.16. The number of aryl methyl sites for hydroxylation is 1. The minimum atomic E-state index is 0.849. The van der Waals surface area contributed by atoms with E-state index in [-0.39, 0.29) is 0 Å². The number of pyridine rings is 1. The molecule has 3 rings (SSSR count). The van der Waals surface area contributed by atoms with E-state index in [0.29, 0.717) is 0 Å². The summed E-state index contributed by atoms with van der Waals surface area (Å²) < 4.78 is 0. The Kier molecular flexibility index (Phi) is 3.50. The fourth-order valence-corrected chi connectivity index (χ4v) is 2.69. The lowest BCUT2D eigenvalue weighted by molar-refractivity contribution is 0.381. The van der Waals surface area contributed by atoms with E-state index in [4.69, 9.17) is 0 Å². The smallest absolute Gasteiger partial charge is 0.128 e. The topological polar surface area (TPSA) is 28.2 Å². The van der Waals surface area contributed by atoms with Crippen LogP contribution in [0.25, 0.3) is 0 Å². The fourth-order valence-electron chi connectivity index (χ4n) is 2.69. The van der Waals surface area contributed by atoms with Gasteiger partial charge in [-0.3, -0.25) is 0 Å². The molecule has 0 aromatic carbocycles. The first-order chi connectivity index (χ1) is 8.81. The molecule has 0 amide bonds. The molecule has 1 aromatic heterocycles. The predicted molar refractivity (Wildman–Crippen MR) is 74.9 cm³/mol. The molecule has 0 bridgehead atoms. The third-order valence-electron chi connectivity index (χ3n) is 4.08. The Hall–Kier alpha value is -1.09. The lowest BCUT2D eigenvalue weighted by atomic mass is 9.97. The summed E-state index contributed by atoms with van der Waals surface area (Å²) >= 11 is 0. The van der Waals surface area contributed by atoms with Gasteiger partial charge in [0, 0.05) is 24.8 Å². The second-order valence-electron chi connectivity index (χ2n) is 5.75. The van der Waals surface area contributed by atoms with Crippen molar-refractivity contribution in [2.24, 2.45) is 5.92 Å². The zero-order valence-corrected chi connectivity index (χ0v) is 11.2. The predicted octanol–water partition coefficient (Wildman–Crippen LogP) is 2.36. The summed E-state index contributed by atoms with van der Waals surface area (Å²) in [7, 11) is 0. The van der Waals surface area contributed by atoms with Gasteiger partial charge >= 0.3 is 0 Å². The highest BCUT2D eigenvalue weighted by Gasteiger charge is 2.24. The number of rotatable bonds is 4. The molecule has 3 heteroatoms. The Bertz CT molecular complexity index is 392. The van der Waals surface area contributed by atoms with Gasteiger partial charge in [0.25, 0.3) is 0 Å². The number of anilines is 1. The van der Waals surface area contributed by atoms with Gasteiger partial charge in [0.15, 0.2) is 0 Å². The van der Waals surface area contributed by atoms with E-state index in [2.05, 4.69) is 40.3 Å². The third kappa shape index (κ3) is 3.02. The van der Waals surface area contributed by atoms with Gasteiger partial charge in [0.05, 0.1) is 0 Å². The molecule has 2 heterocycles. The Morgan fingerprint density at radius 2 is 2.00 bits per heavy atom. The van der Waals surface area contributed by atoms with E-state index in [9.17, 15) is 0 Å². The monoisotopic (exact) mass is 245 g/mol. The molecule has 0 atom stereocenters. The molecule has 0 unspecified atom stereocenters. The third-order valence-corrected chi connectivity index (χ3v) is 4.08. The lowest BCUT2D eigenvalue weighted by Gasteiger charge is -2.33. The molecular formula is C15H23N3. The van der Waals surface area contributed by atoms with Crippen LogP contribution in [-0.4, -0.2) is 30.7 Å². The van der Waals surface area contributed by atoms with Crippen molar-refractivity contribution in [3.63, 3.8) is 0 Å². The zero-order valence-electron chi connectivity index (χ0n) is 11.2. The molecule has 1 aliphatic heterocycles. The second kappa shape index (κ2) is 5.27. The molecule has 3 nitrogen and oxygen atoms in total. The van der Waals surface area contributed by atoms with Crippen LogP contribution in [0.4, 0.5) is 5.82 Å². The second-order valence-corrected chi connectivity index (χ2v) is 5.75. The van der Waals surface area contributed by atoms with E-state index in [1.54, 1.807) is 0 Å². The van der Waals surface area contributed by atoms with E-state index in [1.807, 2.05) is 0 Å². The quantitative estimate of drug-likeness (QED) is 0.882. The van der Waals surface area contributed by atoms with Gasteiger partial charge in [-0.15, -0.1) is 0 Å². The maximum Gasteiger partial charge on any atom is 0.128 e. The average Bonchev–Trinajstić information content (AvgIpc) is 3.21. The highest BCUT2D eigenvalue weighted by atomic mass is 15.2. The highest BCUT2D eigenvalue weighted by molar-refractivity contribution is 5.39. The number of piperidine rings is 1. The largest absolute Gasteiger partial charge is 0.357 e. The fraction of sp³-hybridized carbons (Fsp3) is 0.667. The first-order valence-electron chi connectivity index (χ1n) is 7.23.